The summed E-state index contributed by atoms with van der Waals surface area (Å²) >= 11 is 0. The Balaban J connectivity index is 1.90. The minimum atomic E-state index is -4.55. The van der Waals surface area contributed by atoms with Gasteiger partial charge in [0.15, 0.2) is 17.7 Å². The first-order valence-electron chi connectivity index (χ1n) is 9.75. The number of hydrogen-bond acceptors (Lipinski definition) is 13. The number of imidazole rings is 1. The lowest BCUT2D eigenvalue weighted by atomic mass is 10.1. The maximum Gasteiger partial charge on any atom is 0.300 e. The number of unbranched alkanes of at least 4 members (excludes halogenated alkanes) is 1. The molecule has 0 aromatic carbocycles. The van der Waals surface area contributed by atoms with Crippen molar-refractivity contribution in [2.75, 3.05) is 18.9 Å². The summed E-state index contributed by atoms with van der Waals surface area (Å²) in [6.45, 7) is -0.140. The van der Waals surface area contributed by atoms with Crippen LogP contribution in [0.25, 0.3) is 11.2 Å². The van der Waals surface area contributed by atoms with Gasteiger partial charge in [0.1, 0.15) is 23.8 Å². The molecule has 10 N–H and O–H groups in total. The Kier molecular flexibility index (Phi) is 7.23. The second-order valence-corrected chi connectivity index (χ2v) is 8.88. The van der Waals surface area contributed by atoms with Crippen LogP contribution in [0.1, 0.15) is 25.5 Å². The van der Waals surface area contributed by atoms with E-state index in [4.69, 9.17) is 21.9 Å². The number of nitrogens with zero attached hydrogens (tertiary/aromatic N) is 4. The van der Waals surface area contributed by atoms with Crippen molar-refractivity contribution in [2.24, 2.45) is 11.5 Å². The van der Waals surface area contributed by atoms with Crippen molar-refractivity contribution in [3.8, 4) is 0 Å². The fourth-order valence-corrected chi connectivity index (χ4v) is 4.16. The third kappa shape index (κ3) is 4.65. The van der Waals surface area contributed by atoms with Crippen LogP contribution >= 0.6 is 0 Å². The number of aliphatic hydroxyl groups excluding tert-OH is 3. The summed E-state index contributed by atoms with van der Waals surface area (Å²) in [5, 5.41) is 28.7. The number of fused-ring (bicyclic) bond motifs is 1. The van der Waals surface area contributed by atoms with Crippen LogP contribution in [0.2, 0.25) is 0 Å². The van der Waals surface area contributed by atoms with Gasteiger partial charge in [0.2, 0.25) is 0 Å². The molecular formula is C16H26N8O7S. The summed E-state index contributed by atoms with van der Waals surface area (Å²) < 4.78 is 33.7. The molecule has 1 amide bonds. The predicted octanol–water partition coefficient (Wildman–Crippen LogP) is -3.72. The van der Waals surface area contributed by atoms with Crippen molar-refractivity contribution < 1.29 is 33.3 Å². The predicted molar refractivity (Wildman–Crippen MR) is 109 cm³/mol. The van der Waals surface area contributed by atoms with Crippen LogP contribution in [0, 0.1) is 0 Å². The van der Waals surface area contributed by atoms with Gasteiger partial charge in [-0.05, 0) is 19.4 Å². The third-order valence-corrected chi connectivity index (χ3v) is 6.13. The Morgan fingerprint density at radius 1 is 1.28 bits per heavy atom. The first-order chi connectivity index (χ1) is 15.1. The smallest absolute Gasteiger partial charge is 0.300 e. The molecule has 178 valence electrons. The molecule has 1 aliphatic heterocycles. The summed E-state index contributed by atoms with van der Waals surface area (Å²) in [7, 11) is -4.55. The van der Waals surface area contributed by atoms with E-state index in [9.17, 15) is 28.5 Å². The minimum Gasteiger partial charge on any atom is -0.394 e. The number of aromatic nitrogens is 4. The van der Waals surface area contributed by atoms with Crippen LogP contribution < -0.4 is 21.9 Å². The average Bonchev–Trinajstić information content (AvgIpc) is 3.29. The maximum absolute atomic E-state index is 12.7. The molecule has 2 aromatic rings. The topological polar surface area (TPSA) is 255 Å². The van der Waals surface area contributed by atoms with E-state index in [1.807, 2.05) is 4.72 Å². The van der Waals surface area contributed by atoms with Crippen LogP contribution in [-0.2, 0) is 19.6 Å². The third-order valence-electron chi connectivity index (χ3n) is 5.00. The molecular weight excluding hydrogens is 448 g/mol. The standard InChI is InChI=1S/C16H26N8O7S/c17-4-2-1-3-7(18)14(28)23-32(29,30)16-21-12(19)9-13(22-16)24(6-20-9)15-11(27)10(26)8(5-25)31-15/h6-8,10-11,15,25-27H,1-5,17-18H2,(H,23,28)(H2,19,21,22)/t7-,8+,10+,11+,15+/m0/s1. The molecule has 0 spiro atoms. The van der Waals surface area contributed by atoms with Crippen molar-refractivity contribution in [2.45, 2.75) is 55.0 Å². The molecule has 0 aliphatic carbocycles. The highest BCUT2D eigenvalue weighted by atomic mass is 32.2. The molecule has 0 unspecified atom stereocenters. The zero-order valence-corrected chi connectivity index (χ0v) is 17.7. The molecule has 15 nitrogen and oxygen atoms in total. The number of amides is 1. The van der Waals surface area contributed by atoms with Crippen LogP contribution in [0.5, 0.6) is 0 Å². The van der Waals surface area contributed by atoms with E-state index in [-0.39, 0.29) is 23.4 Å². The molecule has 1 fully saturated rings. The Labute approximate surface area is 182 Å². The molecule has 1 aliphatic rings. The van der Waals surface area contributed by atoms with Gasteiger partial charge < -0.3 is 37.3 Å². The number of rotatable bonds is 9. The highest BCUT2D eigenvalue weighted by molar-refractivity contribution is 7.89. The first-order valence-corrected chi connectivity index (χ1v) is 11.2. The van der Waals surface area contributed by atoms with Gasteiger partial charge >= 0.3 is 0 Å². The molecule has 5 atom stereocenters. The van der Waals surface area contributed by atoms with E-state index in [1.54, 1.807) is 0 Å². The number of nitrogens with one attached hydrogen (secondary N) is 1. The lowest BCUT2D eigenvalue weighted by Gasteiger charge is -2.17. The SMILES string of the molecule is NCCCC[C@H](N)C(=O)NS(=O)(=O)c1nc(N)c2ncn([C@@H]3O[C@H](CO)[C@@H](O)[C@H]3O)c2n1. The largest absolute Gasteiger partial charge is 0.394 e. The molecule has 3 rings (SSSR count). The number of hydrogen-bond donors (Lipinski definition) is 7. The van der Waals surface area contributed by atoms with Crippen molar-refractivity contribution in [1.82, 2.24) is 24.2 Å². The molecule has 0 bridgehead atoms. The van der Waals surface area contributed by atoms with Crippen molar-refractivity contribution in [1.29, 1.82) is 0 Å². The molecule has 32 heavy (non-hydrogen) atoms. The molecule has 1 saturated heterocycles. The van der Waals surface area contributed by atoms with Gasteiger partial charge in [0, 0.05) is 0 Å². The number of carbonyl (C=O) groups excluding carboxylic acids is 1. The van der Waals surface area contributed by atoms with Crippen LogP contribution in [-0.4, -0.2) is 86.7 Å². The Morgan fingerprint density at radius 3 is 2.62 bits per heavy atom. The molecule has 0 saturated carbocycles. The van der Waals surface area contributed by atoms with Gasteiger partial charge in [-0.2, -0.15) is 18.4 Å². The zero-order chi connectivity index (χ0) is 23.6. The lowest BCUT2D eigenvalue weighted by Crippen LogP contribution is -2.43. The monoisotopic (exact) mass is 474 g/mol. The second-order valence-electron chi connectivity index (χ2n) is 7.31. The van der Waals surface area contributed by atoms with E-state index in [0.717, 1.165) is 4.57 Å². The number of sulfonamides is 1. The van der Waals surface area contributed by atoms with Gasteiger partial charge in [-0.15, -0.1) is 0 Å². The van der Waals surface area contributed by atoms with Gasteiger partial charge in [-0.3, -0.25) is 9.36 Å². The number of nitrogen functional groups attached to an aromatic ring is 1. The Hall–Kier alpha value is -2.47. The summed E-state index contributed by atoms with van der Waals surface area (Å²) in [4.78, 5) is 23.8. The van der Waals surface area contributed by atoms with E-state index in [0.29, 0.717) is 19.4 Å². The normalized spacial score (nSPS) is 24.7. The van der Waals surface area contributed by atoms with Gasteiger partial charge in [0.25, 0.3) is 21.1 Å². The van der Waals surface area contributed by atoms with Gasteiger partial charge in [0.05, 0.1) is 19.0 Å². The summed E-state index contributed by atoms with van der Waals surface area (Å²) in [5.41, 5.74) is 16.8. The number of carbonyl (C=O) groups is 1. The quantitative estimate of drug-likeness (QED) is 0.136. The number of nitrogens with two attached hydrogens (primary N) is 3. The average molecular weight is 475 g/mol. The molecule has 16 heteroatoms. The fourth-order valence-electron chi connectivity index (χ4n) is 3.23. The van der Waals surface area contributed by atoms with E-state index in [2.05, 4.69) is 15.0 Å². The van der Waals surface area contributed by atoms with Crippen molar-refractivity contribution in [3.63, 3.8) is 0 Å². The zero-order valence-electron chi connectivity index (χ0n) is 16.9. The van der Waals surface area contributed by atoms with Crippen LogP contribution in [0.3, 0.4) is 0 Å². The summed E-state index contributed by atoms with van der Waals surface area (Å²) in [5.74, 6) is -1.25. The fraction of sp³-hybridized carbons (Fsp3) is 0.625. The highest BCUT2D eigenvalue weighted by Crippen LogP contribution is 2.32. The minimum absolute atomic E-state index is 0.00602. The molecule has 2 aromatic heterocycles. The summed E-state index contributed by atoms with van der Waals surface area (Å²) in [6, 6.07) is -1.08. The number of anilines is 1. The first kappa shape index (κ1) is 24.2. The molecule has 3 heterocycles. The van der Waals surface area contributed by atoms with Crippen LogP contribution in [0.4, 0.5) is 5.82 Å². The van der Waals surface area contributed by atoms with E-state index in [1.165, 1.54) is 6.33 Å². The van der Waals surface area contributed by atoms with Crippen molar-refractivity contribution >= 4 is 32.9 Å². The molecule has 0 radical (unpaired) electrons. The number of ether oxygens (including phenoxy) is 1. The van der Waals surface area contributed by atoms with Crippen molar-refractivity contribution in [3.05, 3.63) is 6.33 Å². The summed E-state index contributed by atoms with van der Waals surface area (Å²) in [6.07, 6.45) is -2.59. The van der Waals surface area contributed by atoms with Crippen LogP contribution in [0.15, 0.2) is 11.5 Å². The van der Waals surface area contributed by atoms with E-state index < -0.39 is 58.3 Å². The maximum atomic E-state index is 12.7. The van der Waals surface area contributed by atoms with E-state index >= 15 is 0 Å². The lowest BCUT2D eigenvalue weighted by molar-refractivity contribution is -0.120. The van der Waals surface area contributed by atoms with Gasteiger partial charge in [-0.1, -0.05) is 6.42 Å². The number of aliphatic hydroxyl groups is 3. The van der Waals surface area contributed by atoms with Gasteiger partial charge in [-0.25, -0.2) is 9.71 Å². The highest BCUT2D eigenvalue weighted by Gasteiger charge is 2.44. The Morgan fingerprint density at radius 2 is 2.00 bits per heavy atom. The Bertz CT molecular complexity index is 1080. The second kappa shape index (κ2) is 9.57.